The van der Waals surface area contributed by atoms with Crippen molar-refractivity contribution in [1.29, 1.82) is 0 Å². The van der Waals surface area contributed by atoms with Crippen molar-refractivity contribution in [2.24, 2.45) is 0 Å². The van der Waals surface area contributed by atoms with Gasteiger partial charge in [-0.05, 0) is 70.1 Å². The number of Topliss-reactive ketones (excluding diaryl/α,β-unsaturated/α-hetero) is 1. The van der Waals surface area contributed by atoms with Crippen LogP contribution in [0.5, 0.6) is 5.75 Å². The van der Waals surface area contributed by atoms with Crippen LogP contribution in [0.3, 0.4) is 0 Å². The molecule has 0 spiro atoms. The van der Waals surface area contributed by atoms with Gasteiger partial charge in [0.2, 0.25) is 0 Å². The molecule has 0 bridgehead atoms. The first-order valence-electron chi connectivity index (χ1n) is 8.19. The third kappa shape index (κ3) is 3.17. The Labute approximate surface area is 137 Å². The van der Waals surface area contributed by atoms with Crippen molar-refractivity contribution < 1.29 is 9.53 Å². The molecule has 1 fully saturated rings. The number of ketones is 1. The van der Waals surface area contributed by atoms with Crippen molar-refractivity contribution in [1.82, 2.24) is 9.47 Å². The van der Waals surface area contributed by atoms with Crippen LogP contribution in [0.4, 0.5) is 0 Å². The maximum absolute atomic E-state index is 12.6. The Balaban J connectivity index is 1.87. The van der Waals surface area contributed by atoms with Gasteiger partial charge < -0.3 is 9.30 Å². The molecule has 2 aromatic rings. The first-order chi connectivity index (χ1) is 11.1. The fraction of sp³-hybridized carbons (Fsp3) is 0.421. The van der Waals surface area contributed by atoms with Gasteiger partial charge in [-0.2, -0.15) is 0 Å². The number of hydrogen-bond donors (Lipinski definition) is 0. The maximum atomic E-state index is 12.6. The summed E-state index contributed by atoms with van der Waals surface area (Å²) in [6.45, 7) is 6.69. The molecular weight excluding hydrogens is 288 g/mol. The number of aromatic nitrogens is 1. The molecule has 1 aliphatic rings. The topological polar surface area (TPSA) is 34.5 Å². The molecule has 1 saturated heterocycles. The molecule has 4 heteroatoms. The Morgan fingerprint density at radius 1 is 1.13 bits per heavy atom. The van der Waals surface area contributed by atoms with Gasteiger partial charge in [-0.15, -0.1) is 0 Å². The summed E-state index contributed by atoms with van der Waals surface area (Å²) in [5.41, 5.74) is 3.99. The summed E-state index contributed by atoms with van der Waals surface area (Å²) < 4.78 is 7.35. The van der Waals surface area contributed by atoms with Gasteiger partial charge in [0.05, 0.1) is 13.7 Å². The molecule has 0 unspecified atom stereocenters. The highest BCUT2D eigenvalue weighted by Gasteiger charge is 2.20. The molecule has 1 aromatic carbocycles. The van der Waals surface area contributed by atoms with Gasteiger partial charge in [-0.3, -0.25) is 9.69 Å². The number of carbonyl (C=O) groups excluding carboxylic acids is 1. The third-order valence-electron chi connectivity index (χ3n) is 4.63. The number of likely N-dealkylation sites (tertiary alicyclic amines) is 1. The summed E-state index contributed by atoms with van der Waals surface area (Å²) in [7, 11) is 1.66. The van der Waals surface area contributed by atoms with Crippen LogP contribution in [0.1, 0.15) is 34.6 Å². The summed E-state index contributed by atoms with van der Waals surface area (Å²) in [5.74, 6) is 1.06. The third-order valence-corrected chi connectivity index (χ3v) is 4.63. The summed E-state index contributed by atoms with van der Waals surface area (Å²) >= 11 is 0. The molecule has 0 atom stereocenters. The number of ether oxygens (including phenoxy) is 1. The van der Waals surface area contributed by atoms with E-state index in [0.29, 0.717) is 6.54 Å². The average molecular weight is 312 g/mol. The van der Waals surface area contributed by atoms with Gasteiger partial charge in [0, 0.05) is 22.6 Å². The Hall–Kier alpha value is -2.07. The number of aryl methyl sites for hydroxylation is 1. The van der Waals surface area contributed by atoms with Crippen LogP contribution in [-0.4, -0.2) is 42.0 Å². The van der Waals surface area contributed by atoms with Crippen molar-refractivity contribution >= 4 is 5.78 Å². The van der Waals surface area contributed by atoms with Gasteiger partial charge in [-0.25, -0.2) is 0 Å². The van der Waals surface area contributed by atoms with E-state index in [2.05, 4.69) is 9.47 Å². The lowest BCUT2D eigenvalue weighted by atomic mass is 10.1. The second-order valence-corrected chi connectivity index (χ2v) is 6.22. The van der Waals surface area contributed by atoms with Gasteiger partial charge in [0.1, 0.15) is 5.75 Å². The summed E-state index contributed by atoms with van der Waals surface area (Å²) in [5, 5.41) is 0. The number of benzene rings is 1. The standard InChI is InChI=1S/C19H24N2O2/c1-14-12-18(19(22)13-20-10-4-5-11-20)15(2)21(14)16-6-8-17(23-3)9-7-16/h6-9,12H,4-5,10-11,13H2,1-3H3. The zero-order chi connectivity index (χ0) is 16.4. The highest BCUT2D eigenvalue weighted by molar-refractivity contribution is 5.99. The number of nitrogens with zero attached hydrogens (tertiary/aromatic N) is 2. The fourth-order valence-electron chi connectivity index (χ4n) is 3.40. The first kappa shape index (κ1) is 15.8. The van der Waals surface area contributed by atoms with E-state index >= 15 is 0 Å². The minimum Gasteiger partial charge on any atom is -0.497 e. The van der Waals surface area contributed by atoms with Crippen molar-refractivity contribution in [3.8, 4) is 11.4 Å². The molecule has 3 rings (SSSR count). The second-order valence-electron chi connectivity index (χ2n) is 6.22. The van der Waals surface area contributed by atoms with Crippen molar-refractivity contribution in [2.75, 3.05) is 26.7 Å². The smallest absolute Gasteiger partial charge is 0.178 e. The lowest BCUT2D eigenvalue weighted by molar-refractivity contribution is 0.0944. The Morgan fingerprint density at radius 2 is 1.78 bits per heavy atom. The minimum atomic E-state index is 0.222. The number of carbonyl (C=O) groups is 1. The van der Waals surface area contributed by atoms with E-state index in [1.165, 1.54) is 12.8 Å². The Kier molecular flexibility index (Phi) is 4.53. The van der Waals surface area contributed by atoms with Gasteiger partial charge in [-0.1, -0.05) is 0 Å². The van der Waals surface area contributed by atoms with E-state index in [1.54, 1.807) is 7.11 Å². The highest BCUT2D eigenvalue weighted by atomic mass is 16.5. The minimum absolute atomic E-state index is 0.222. The predicted octanol–water partition coefficient (Wildman–Crippen LogP) is 3.38. The zero-order valence-corrected chi connectivity index (χ0v) is 14.1. The molecular formula is C19H24N2O2. The monoisotopic (exact) mass is 312 g/mol. The first-order valence-corrected chi connectivity index (χ1v) is 8.19. The molecule has 1 aliphatic heterocycles. The molecule has 122 valence electrons. The van der Waals surface area contributed by atoms with E-state index in [1.807, 2.05) is 44.2 Å². The van der Waals surface area contributed by atoms with Crippen LogP contribution in [0.2, 0.25) is 0 Å². The van der Waals surface area contributed by atoms with E-state index in [-0.39, 0.29) is 5.78 Å². The Bertz CT molecular complexity index is 695. The molecule has 4 nitrogen and oxygen atoms in total. The maximum Gasteiger partial charge on any atom is 0.178 e. The molecule has 0 radical (unpaired) electrons. The lowest BCUT2D eigenvalue weighted by Gasteiger charge is -2.14. The summed E-state index contributed by atoms with van der Waals surface area (Å²) in [4.78, 5) is 14.9. The largest absolute Gasteiger partial charge is 0.497 e. The molecule has 2 heterocycles. The summed E-state index contributed by atoms with van der Waals surface area (Å²) in [6.07, 6.45) is 2.41. The second kappa shape index (κ2) is 6.59. The van der Waals surface area contributed by atoms with Crippen LogP contribution >= 0.6 is 0 Å². The quantitative estimate of drug-likeness (QED) is 0.794. The van der Waals surface area contributed by atoms with Crippen molar-refractivity contribution in [3.63, 3.8) is 0 Å². The number of methoxy groups -OCH3 is 1. The lowest BCUT2D eigenvalue weighted by Crippen LogP contribution is -2.27. The van der Waals surface area contributed by atoms with Crippen LogP contribution in [0, 0.1) is 13.8 Å². The zero-order valence-electron chi connectivity index (χ0n) is 14.1. The van der Waals surface area contributed by atoms with Crippen LogP contribution in [-0.2, 0) is 0 Å². The van der Waals surface area contributed by atoms with E-state index < -0.39 is 0 Å². The molecule has 0 saturated carbocycles. The van der Waals surface area contributed by atoms with Crippen molar-refractivity contribution in [2.45, 2.75) is 26.7 Å². The average Bonchev–Trinajstić information content (AvgIpc) is 3.15. The fourth-order valence-corrected chi connectivity index (χ4v) is 3.40. The Morgan fingerprint density at radius 3 is 2.39 bits per heavy atom. The van der Waals surface area contributed by atoms with Gasteiger partial charge in [0.15, 0.2) is 5.78 Å². The number of hydrogen-bond acceptors (Lipinski definition) is 3. The SMILES string of the molecule is COc1ccc(-n2c(C)cc(C(=O)CN3CCCC3)c2C)cc1. The van der Waals surface area contributed by atoms with Crippen LogP contribution in [0.25, 0.3) is 5.69 Å². The van der Waals surface area contributed by atoms with Crippen LogP contribution < -0.4 is 4.74 Å². The summed E-state index contributed by atoms with van der Waals surface area (Å²) in [6, 6.07) is 9.94. The number of rotatable bonds is 5. The highest BCUT2D eigenvalue weighted by Crippen LogP contribution is 2.23. The molecule has 0 aliphatic carbocycles. The van der Waals surface area contributed by atoms with Crippen LogP contribution in [0.15, 0.2) is 30.3 Å². The van der Waals surface area contributed by atoms with Gasteiger partial charge >= 0.3 is 0 Å². The van der Waals surface area contributed by atoms with Crippen molar-refractivity contribution in [3.05, 3.63) is 47.3 Å². The normalized spacial score (nSPS) is 15.1. The molecule has 1 aromatic heterocycles. The van der Waals surface area contributed by atoms with E-state index in [0.717, 1.165) is 41.5 Å². The predicted molar refractivity (Wildman–Crippen MR) is 91.8 cm³/mol. The molecule has 0 N–H and O–H groups in total. The van der Waals surface area contributed by atoms with E-state index in [4.69, 9.17) is 4.74 Å². The molecule has 0 amide bonds. The van der Waals surface area contributed by atoms with Gasteiger partial charge in [0.25, 0.3) is 0 Å². The van der Waals surface area contributed by atoms with E-state index in [9.17, 15) is 4.79 Å². The molecule has 23 heavy (non-hydrogen) atoms.